The number of benzene rings is 1. The zero-order valence-corrected chi connectivity index (χ0v) is 7.77. The molecule has 1 aromatic heterocycles. The first-order valence-electron chi connectivity index (χ1n) is 4.51. The number of pyridine rings is 1. The number of nitrogens with zero attached hydrogens (tertiary/aromatic N) is 1. The van der Waals surface area contributed by atoms with Gasteiger partial charge in [-0.1, -0.05) is 30.3 Å². The molecule has 1 radical (unpaired) electrons. The fraction of sp³-hybridized carbons (Fsp3) is 0.0833. The largest absolute Gasteiger partial charge is 0.326 e. The minimum atomic E-state index is 0.584. The smallest absolute Gasteiger partial charge is 0.0886 e. The van der Waals surface area contributed by atoms with E-state index in [4.69, 9.17) is 5.73 Å². The van der Waals surface area contributed by atoms with Crippen LogP contribution in [0.5, 0.6) is 0 Å². The van der Waals surface area contributed by atoms with Crippen LogP contribution in [0, 0.1) is 6.20 Å². The van der Waals surface area contributed by atoms with E-state index in [2.05, 4.69) is 23.3 Å². The predicted octanol–water partition coefficient (Wildman–Crippen LogP) is 2.01. The van der Waals surface area contributed by atoms with Crippen LogP contribution in [0.25, 0.3) is 11.1 Å². The highest BCUT2D eigenvalue weighted by Gasteiger charge is 1.96. The standard InChI is InChI=1S/C12H11N2/c13-8-10-3-5-11(6-4-10)12-2-1-7-14-9-12/h1-6,9H,8,13H2. The first kappa shape index (κ1) is 8.91. The molecule has 69 valence electrons. The second-order valence-electron chi connectivity index (χ2n) is 3.08. The average molecular weight is 183 g/mol. The van der Waals surface area contributed by atoms with E-state index in [0.717, 1.165) is 16.7 Å². The lowest BCUT2D eigenvalue weighted by Crippen LogP contribution is -1.95. The van der Waals surface area contributed by atoms with Crippen molar-refractivity contribution in [2.75, 3.05) is 0 Å². The molecule has 2 aromatic rings. The summed E-state index contributed by atoms with van der Waals surface area (Å²) in [6.07, 6.45) is 4.56. The minimum absolute atomic E-state index is 0.584. The van der Waals surface area contributed by atoms with Crippen molar-refractivity contribution in [1.82, 2.24) is 4.98 Å². The Kier molecular flexibility index (Phi) is 2.56. The van der Waals surface area contributed by atoms with E-state index in [1.807, 2.05) is 24.3 Å². The molecule has 0 bridgehead atoms. The van der Waals surface area contributed by atoms with Gasteiger partial charge in [-0.05, 0) is 17.2 Å². The van der Waals surface area contributed by atoms with Crippen molar-refractivity contribution in [2.24, 2.45) is 5.73 Å². The summed E-state index contributed by atoms with van der Waals surface area (Å²) in [7, 11) is 0. The lowest BCUT2D eigenvalue weighted by atomic mass is 10.1. The molecule has 0 aliphatic carbocycles. The molecule has 2 nitrogen and oxygen atoms in total. The summed E-state index contributed by atoms with van der Waals surface area (Å²) in [5.74, 6) is 0. The zero-order valence-electron chi connectivity index (χ0n) is 7.77. The Morgan fingerprint density at radius 3 is 2.43 bits per heavy atom. The van der Waals surface area contributed by atoms with Crippen LogP contribution in [0.4, 0.5) is 0 Å². The second kappa shape index (κ2) is 4.03. The third-order valence-corrected chi connectivity index (χ3v) is 2.14. The Labute approximate surface area is 83.4 Å². The highest BCUT2D eigenvalue weighted by atomic mass is 14.6. The normalized spacial score (nSPS) is 10.1. The molecular weight excluding hydrogens is 172 g/mol. The third kappa shape index (κ3) is 1.80. The first-order valence-corrected chi connectivity index (χ1v) is 4.51. The van der Waals surface area contributed by atoms with Crippen molar-refractivity contribution in [2.45, 2.75) is 6.54 Å². The number of nitrogens with two attached hydrogens (primary N) is 1. The molecule has 0 spiro atoms. The zero-order chi connectivity index (χ0) is 9.80. The highest BCUT2D eigenvalue weighted by Crippen LogP contribution is 2.17. The van der Waals surface area contributed by atoms with E-state index in [9.17, 15) is 0 Å². The van der Waals surface area contributed by atoms with Gasteiger partial charge in [-0.25, -0.2) is 0 Å². The first-order chi connectivity index (χ1) is 6.90. The van der Waals surface area contributed by atoms with Crippen molar-refractivity contribution in [1.29, 1.82) is 0 Å². The molecule has 1 aromatic carbocycles. The van der Waals surface area contributed by atoms with Gasteiger partial charge in [-0.15, -0.1) is 0 Å². The summed E-state index contributed by atoms with van der Waals surface area (Å²) in [5, 5.41) is 0. The molecule has 2 heteroatoms. The monoisotopic (exact) mass is 183 g/mol. The quantitative estimate of drug-likeness (QED) is 0.773. The molecule has 0 unspecified atom stereocenters. The van der Waals surface area contributed by atoms with Crippen molar-refractivity contribution in [3.05, 3.63) is 54.4 Å². The lowest BCUT2D eigenvalue weighted by molar-refractivity contribution is 1.07. The molecule has 0 saturated heterocycles. The van der Waals surface area contributed by atoms with E-state index >= 15 is 0 Å². The van der Waals surface area contributed by atoms with E-state index < -0.39 is 0 Å². The van der Waals surface area contributed by atoms with Crippen LogP contribution >= 0.6 is 0 Å². The number of aromatic nitrogens is 1. The maximum atomic E-state index is 5.52. The van der Waals surface area contributed by atoms with Crippen LogP contribution in [0.3, 0.4) is 0 Å². The van der Waals surface area contributed by atoms with Crippen molar-refractivity contribution in [3.63, 3.8) is 0 Å². The van der Waals surface area contributed by atoms with Gasteiger partial charge < -0.3 is 5.73 Å². The van der Waals surface area contributed by atoms with Gasteiger partial charge in [0.2, 0.25) is 0 Å². The Hall–Kier alpha value is -1.67. The second-order valence-corrected chi connectivity index (χ2v) is 3.08. The molecular formula is C12H11N2. The van der Waals surface area contributed by atoms with E-state index in [0.29, 0.717) is 6.54 Å². The van der Waals surface area contributed by atoms with Gasteiger partial charge in [0.1, 0.15) is 0 Å². The van der Waals surface area contributed by atoms with E-state index in [-0.39, 0.29) is 0 Å². The number of hydrogen-bond donors (Lipinski definition) is 1. The summed E-state index contributed by atoms with van der Waals surface area (Å²) >= 11 is 0. The van der Waals surface area contributed by atoms with Gasteiger partial charge in [-0.3, -0.25) is 4.98 Å². The summed E-state index contributed by atoms with van der Waals surface area (Å²) in [5.41, 5.74) is 8.92. The van der Waals surface area contributed by atoms with Crippen LogP contribution in [-0.4, -0.2) is 4.98 Å². The van der Waals surface area contributed by atoms with E-state index in [1.165, 1.54) is 0 Å². The molecule has 0 atom stereocenters. The van der Waals surface area contributed by atoms with Gasteiger partial charge in [0.15, 0.2) is 0 Å². The SMILES string of the molecule is NCc1ccc(-c2cc[c]nc2)cc1. The van der Waals surface area contributed by atoms with Crippen LogP contribution in [-0.2, 0) is 6.54 Å². The molecule has 0 saturated carbocycles. The maximum absolute atomic E-state index is 5.52. The van der Waals surface area contributed by atoms with Gasteiger partial charge in [0.25, 0.3) is 0 Å². The number of rotatable bonds is 2. The lowest BCUT2D eigenvalue weighted by Gasteiger charge is -2.01. The van der Waals surface area contributed by atoms with Crippen LogP contribution in [0.15, 0.2) is 42.6 Å². The third-order valence-electron chi connectivity index (χ3n) is 2.14. The molecule has 2 N–H and O–H groups in total. The van der Waals surface area contributed by atoms with Crippen LogP contribution in [0.1, 0.15) is 5.56 Å². The maximum Gasteiger partial charge on any atom is 0.0886 e. The Morgan fingerprint density at radius 2 is 1.86 bits per heavy atom. The topological polar surface area (TPSA) is 38.9 Å². The van der Waals surface area contributed by atoms with Gasteiger partial charge in [-0.2, -0.15) is 0 Å². The predicted molar refractivity (Wildman–Crippen MR) is 56.4 cm³/mol. The Balaban J connectivity index is 2.34. The Bertz CT molecular complexity index is 392. The molecule has 0 fully saturated rings. The summed E-state index contributed by atoms with van der Waals surface area (Å²) in [4.78, 5) is 3.95. The average Bonchev–Trinajstić information content (AvgIpc) is 2.30. The molecule has 0 amide bonds. The highest BCUT2D eigenvalue weighted by molar-refractivity contribution is 5.62. The molecule has 0 aliphatic heterocycles. The van der Waals surface area contributed by atoms with Crippen LogP contribution in [0.2, 0.25) is 0 Å². The molecule has 2 rings (SSSR count). The summed E-state index contributed by atoms with van der Waals surface area (Å²) in [6.45, 7) is 0.584. The van der Waals surface area contributed by atoms with Gasteiger partial charge in [0.05, 0.1) is 6.20 Å². The van der Waals surface area contributed by atoms with Crippen molar-refractivity contribution in [3.8, 4) is 11.1 Å². The number of hydrogen-bond acceptors (Lipinski definition) is 2. The Morgan fingerprint density at radius 1 is 1.07 bits per heavy atom. The minimum Gasteiger partial charge on any atom is -0.326 e. The van der Waals surface area contributed by atoms with Crippen molar-refractivity contribution < 1.29 is 0 Å². The van der Waals surface area contributed by atoms with Crippen molar-refractivity contribution >= 4 is 0 Å². The fourth-order valence-electron chi connectivity index (χ4n) is 1.32. The molecule has 1 heterocycles. The van der Waals surface area contributed by atoms with E-state index in [1.54, 1.807) is 6.20 Å². The molecule has 0 aliphatic rings. The molecule has 14 heavy (non-hydrogen) atoms. The summed E-state index contributed by atoms with van der Waals surface area (Å²) < 4.78 is 0. The van der Waals surface area contributed by atoms with Gasteiger partial charge in [0, 0.05) is 18.3 Å². The van der Waals surface area contributed by atoms with Crippen LogP contribution < -0.4 is 5.73 Å². The van der Waals surface area contributed by atoms with Gasteiger partial charge >= 0.3 is 0 Å². The summed E-state index contributed by atoms with van der Waals surface area (Å²) in [6, 6.07) is 12.0. The fourth-order valence-corrected chi connectivity index (χ4v) is 1.32.